The number of methoxy groups -OCH3 is 1. The summed E-state index contributed by atoms with van der Waals surface area (Å²) in [4.78, 5) is 0. The summed E-state index contributed by atoms with van der Waals surface area (Å²) in [6.07, 6.45) is 0. The van der Waals surface area contributed by atoms with Crippen LogP contribution in [0.25, 0.3) is 0 Å². The lowest BCUT2D eigenvalue weighted by Crippen LogP contribution is -2.26. The van der Waals surface area contributed by atoms with E-state index < -0.39 is 0 Å². The summed E-state index contributed by atoms with van der Waals surface area (Å²) >= 11 is 0. The lowest BCUT2D eigenvalue weighted by molar-refractivity contribution is 0.403. The predicted molar refractivity (Wildman–Crippen MR) is 72.4 cm³/mol. The Hall–Kier alpha value is -1.06. The topological polar surface area (TPSA) is 47.3 Å². The highest BCUT2D eigenvalue weighted by atomic mass is 16.5. The molecule has 17 heavy (non-hydrogen) atoms. The van der Waals surface area contributed by atoms with E-state index in [1.54, 1.807) is 7.11 Å². The number of ether oxygens (including phenoxy) is 1. The van der Waals surface area contributed by atoms with Gasteiger partial charge in [0, 0.05) is 12.1 Å². The summed E-state index contributed by atoms with van der Waals surface area (Å²) < 4.78 is 5.45. The molecule has 0 aliphatic carbocycles. The quantitative estimate of drug-likeness (QED) is 0.794. The maximum atomic E-state index is 5.59. The van der Waals surface area contributed by atoms with Crippen LogP contribution in [0, 0.1) is 19.8 Å². The lowest BCUT2D eigenvalue weighted by Gasteiger charge is -2.15. The van der Waals surface area contributed by atoms with Crippen molar-refractivity contribution in [1.29, 1.82) is 0 Å². The van der Waals surface area contributed by atoms with Gasteiger partial charge in [-0.3, -0.25) is 0 Å². The molecule has 1 atom stereocenters. The number of nitrogens with two attached hydrogens (primary N) is 1. The third kappa shape index (κ3) is 4.02. The van der Waals surface area contributed by atoms with Gasteiger partial charge in [0.15, 0.2) is 0 Å². The lowest BCUT2D eigenvalue weighted by atomic mass is 10.1. The Morgan fingerprint density at radius 2 is 2.06 bits per heavy atom. The molecule has 0 fully saturated rings. The zero-order valence-electron chi connectivity index (χ0n) is 11.3. The van der Waals surface area contributed by atoms with Crippen LogP contribution < -0.4 is 15.8 Å². The Kier molecular flexibility index (Phi) is 5.45. The van der Waals surface area contributed by atoms with Gasteiger partial charge in [0.2, 0.25) is 0 Å². The van der Waals surface area contributed by atoms with Crippen molar-refractivity contribution >= 4 is 0 Å². The molecule has 0 bridgehead atoms. The fraction of sp³-hybridized carbons (Fsp3) is 0.571. The number of rotatable bonds is 6. The minimum Gasteiger partial charge on any atom is -0.496 e. The highest BCUT2D eigenvalue weighted by molar-refractivity contribution is 5.43. The molecule has 1 aromatic carbocycles. The second-order valence-corrected chi connectivity index (χ2v) is 4.75. The predicted octanol–water partition coefficient (Wildman–Crippen LogP) is 2.00. The first-order chi connectivity index (χ1) is 8.08. The van der Waals surface area contributed by atoms with Gasteiger partial charge in [-0.05, 0) is 38.4 Å². The van der Waals surface area contributed by atoms with E-state index in [4.69, 9.17) is 10.5 Å². The Labute approximate surface area is 104 Å². The van der Waals surface area contributed by atoms with E-state index in [9.17, 15) is 0 Å². The van der Waals surface area contributed by atoms with Crippen LogP contribution in [0.15, 0.2) is 12.1 Å². The first-order valence-electron chi connectivity index (χ1n) is 6.13. The number of benzene rings is 1. The van der Waals surface area contributed by atoms with E-state index in [1.807, 2.05) is 0 Å². The van der Waals surface area contributed by atoms with Gasteiger partial charge in [-0.1, -0.05) is 24.6 Å². The zero-order chi connectivity index (χ0) is 12.8. The van der Waals surface area contributed by atoms with Crippen LogP contribution in [0.2, 0.25) is 0 Å². The summed E-state index contributed by atoms with van der Waals surface area (Å²) in [5.41, 5.74) is 9.27. The fourth-order valence-electron chi connectivity index (χ4n) is 2.00. The monoisotopic (exact) mass is 236 g/mol. The number of aryl methyl sites for hydroxylation is 2. The van der Waals surface area contributed by atoms with Gasteiger partial charge < -0.3 is 15.8 Å². The molecule has 0 aliphatic heterocycles. The Bertz CT molecular complexity index is 363. The second kappa shape index (κ2) is 6.62. The molecular weight excluding hydrogens is 212 g/mol. The molecule has 0 aliphatic rings. The van der Waals surface area contributed by atoms with Crippen LogP contribution >= 0.6 is 0 Å². The standard InChI is InChI=1S/C14H24N2O/c1-10-5-12(3)14(17-4)13(6-10)9-16-8-11(2)7-15/h5-6,11,16H,7-9,15H2,1-4H3. The molecule has 0 aromatic heterocycles. The Morgan fingerprint density at radius 3 is 2.65 bits per heavy atom. The van der Waals surface area contributed by atoms with Crippen molar-refractivity contribution in [2.24, 2.45) is 11.7 Å². The second-order valence-electron chi connectivity index (χ2n) is 4.75. The van der Waals surface area contributed by atoms with E-state index in [1.165, 1.54) is 16.7 Å². The molecule has 3 nitrogen and oxygen atoms in total. The zero-order valence-corrected chi connectivity index (χ0v) is 11.3. The van der Waals surface area contributed by atoms with Crippen LogP contribution in [0.1, 0.15) is 23.6 Å². The van der Waals surface area contributed by atoms with Crippen LogP contribution in [0.4, 0.5) is 0 Å². The van der Waals surface area contributed by atoms with E-state index >= 15 is 0 Å². The molecule has 3 N–H and O–H groups in total. The van der Waals surface area contributed by atoms with Gasteiger partial charge in [-0.2, -0.15) is 0 Å². The third-order valence-electron chi connectivity index (χ3n) is 2.91. The van der Waals surface area contributed by atoms with Crippen molar-refractivity contribution in [1.82, 2.24) is 5.32 Å². The van der Waals surface area contributed by atoms with Crippen LogP contribution in [-0.4, -0.2) is 20.2 Å². The van der Waals surface area contributed by atoms with Gasteiger partial charge in [0.05, 0.1) is 7.11 Å². The normalized spacial score (nSPS) is 12.5. The molecular formula is C14H24N2O. The first kappa shape index (κ1) is 14.0. The first-order valence-corrected chi connectivity index (χ1v) is 6.13. The van der Waals surface area contributed by atoms with Gasteiger partial charge in [0.1, 0.15) is 5.75 Å². The molecule has 0 radical (unpaired) electrons. The molecule has 0 spiro atoms. The number of hydrogen-bond donors (Lipinski definition) is 2. The molecule has 96 valence electrons. The molecule has 1 rings (SSSR count). The molecule has 3 heteroatoms. The smallest absolute Gasteiger partial charge is 0.126 e. The summed E-state index contributed by atoms with van der Waals surface area (Å²) in [7, 11) is 1.73. The van der Waals surface area contributed by atoms with Gasteiger partial charge in [-0.15, -0.1) is 0 Å². The van der Waals surface area contributed by atoms with Crippen LogP contribution in [0.5, 0.6) is 5.75 Å². The Balaban J connectivity index is 2.69. The maximum Gasteiger partial charge on any atom is 0.126 e. The molecule has 0 saturated carbocycles. The van der Waals surface area contributed by atoms with E-state index in [0.29, 0.717) is 5.92 Å². The maximum absolute atomic E-state index is 5.59. The summed E-state index contributed by atoms with van der Waals surface area (Å²) in [5.74, 6) is 1.50. The molecule has 0 saturated heterocycles. The Morgan fingerprint density at radius 1 is 1.35 bits per heavy atom. The van der Waals surface area contributed by atoms with E-state index in [2.05, 4.69) is 38.2 Å². The fourth-order valence-corrected chi connectivity index (χ4v) is 2.00. The summed E-state index contributed by atoms with van der Waals surface area (Å²) in [5, 5.41) is 3.42. The minimum absolute atomic E-state index is 0.506. The summed E-state index contributed by atoms with van der Waals surface area (Å²) in [6, 6.07) is 4.32. The van der Waals surface area contributed by atoms with E-state index in [0.717, 1.165) is 25.4 Å². The largest absolute Gasteiger partial charge is 0.496 e. The molecule has 1 unspecified atom stereocenters. The SMILES string of the molecule is COc1c(C)cc(C)cc1CNCC(C)CN. The van der Waals surface area contributed by atoms with Crippen molar-refractivity contribution in [2.45, 2.75) is 27.3 Å². The average Bonchev–Trinajstić information content (AvgIpc) is 2.28. The van der Waals surface area contributed by atoms with Crippen LogP contribution in [0.3, 0.4) is 0 Å². The molecule has 0 heterocycles. The van der Waals surface area contributed by atoms with Crippen molar-refractivity contribution in [3.05, 3.63) is 28.8 Å². The molecule has 1 aromatic rings. The average molecular weight is 236 g/mol. The van der Waals surface area contributed by atoms with Crippen molar-refractivity contribution in [2.75, 3.05) is 20.2 Å². The van der Waals surface area contributed by atoms with Gasteiger partial charge in [0.25, 0.3) is 0 Å². The number of nitrogens with one attached hydrogen (secondary N) is 1. The van der Waals surface area contributed by atoms with Crippen molar-refractivity contribution in [3.63, 3.8) is 0 Å². The highest BCUT2D eigenvalue weighted by Crippen LogP contribution is 2.24. The van der Waals surface area contributed by atoms with E-state index in [-0.39, 0.29) is 0 Å². The summed E-state index contributed by atoms with van der Waals surface area (Å²) in [6.45, 7) is 8.82. The molecule has 0 amide bonds. The minimum atomic E-state index is 0.506. The van der Waals surface area contributed by atoms with Crippen LogP contribution in [-0.2, 0) is 6.54 Å². The third-order valence-corrected chi connectivity index (χ3v) is 2.91. The van der Waals surface area contributed by atoms with Crippen molar-refractivity contribution in [3.8, 4) is 5.75 Å². The number of hydrogen-bond acceptors (Lipinski definition) is 3. The highest BCUT2D eigenvalue weighted by Gasteiger charge is 2.07. The van der Waals surface area contributed by atoms with Crippen molar-refractivity contribution < 1.29 is 4.74 Å². The van der Waals surface area contributed by atoms with Gasteiger partial charge >= 0.3 is 0 Å². The van der Waals surface area contributed by atoms with Gasteiger partial charge in [-0.25, -0.2) is 0 Å².